The highest BCUT2D eigenvalue weighted by molar-refractivity contribution is 6.35. The molecule has 1 aromatic carbocycles. The Hall–Kier alpha value is -2.63. The second-order valence-electron chi connectivity index (χ2n) is 11.2. The highest BCUT2D eigenvalue weighted by Crippen LogP contribution is 2.50. The molecule has 4 rings (SSSR count). The topological polar surface area (TPSA) is 130 Å². The summed E-state index contributed by atoms with van der Waals surface area (Å²) in [4.78, 5) is 27.5. The van der Waals surface area contributed by atoms with Gasteiger partial charge in [0, 0.05) is 45.4 Å². The van der Waals surface area contributed by atoms with Crippen molar-refractivity contribution in [3.63, 3.8) is 0 Å². The van der Waals surface area contributed by atoms with E-state index < -0.39 is 41.6 Å². The third kappa shape index (κ3) is 5.87. The Morgan fingerprint density at radius 1 is 1.27 bits per heavy atom. The molecule has 0 radical (unpaired) electrons. The number of aliphatic hydroxyl groups is 2. The molecule has 0 spiro atoms. The number of allylic oxidation sites excluding steroid dienone is 3. The van der Waals surface area contributed by atoms with Gasteiger partial charge in [-0.25, -0.2) is 4.79 Å². The maximum Gasteiger partial charge on any atom is 0.409 e. The fourth-order valence-electron chi connectivity index (χ4n) is 5.81. The Balaban J connectivity index is 1.76. The second-order valence-corrected chi connectivity index (χ2v) is 11.6. The largest absolute Gasteiger partial charge is 0.495 e. The summed E-state index contributed by atoms with van der Waals surface area (Å²) in [7, 11) is 4.62. The van der Waals surface area contributed by atoms with Crippen LogP contribution in [0.15, 0.2) is 35.9 Å². The van der Waals surface area contributed by atoms with Gasteiger partial charge in [0.2, 0.25) is 5.91 Å². The SMILES string of the molecule is COc1cc2cc(c1Cl)N(C)C(=O)CC(CO)[C@]1(C)O[C@H]1[C@@H](C)C1C[C@](O)(NC(=O)O1)[C@@H](OC)/C=C/C=C(\C)C2. The highest BCUT2D eigenvalue weighted by Gasteiger charge is 2.62. The lowest BCUT2D eigenvalue weighted by molar-refractivity contribution is -0.142. The van der Waals surface area contributed by atoms with Crippen LogP contribution in [-0.4, -0.2) is 79.7 Å². The van der Waals surface area contributed by atoms with Gasteiger partial charge in [-0.05, 0) is 38.0 Å². The molecule has 2 unspecified atom stereocenters. The van der Waals surface area contributed by atoms with Gasteiger partial charge in [0.1, 0.15) is 23.0 Å². The van der Waals surface area contributed by atoms with Crippen LogP contribution in [0.3, 0.4) is 0 Å². The van der Waals surface area contributed by atoms with Crippen LogP contribution in [0.2, 0.25) is 5.02 Å². The van der Waals surface area contributed by atoms with Crippen LogP contribution in [0, 0.1) is 11.8 Å². The fraction of sp³-hybridized carbons (Fsp3) is 0.586. The molecule has 2 saturated heterocycles. The van der Waals surface area contributed by atoms with E-state index in [1.807, 2.05) is 39.0 Å². The number of halogens is 1. The summed E-state index contributed by atoms with van der Waals surface area (Å²) in [6.45, 7) is 5.37. The molecule has 0 saturated carbocycles. The van der Waals surface area contributed by atoms with Gasteiger partial charge >= 0.3 is 6.09 Å². The zero-order valence-corrected chi connectivity index (χ0v) is 24.5. The predicted molar refractivity (Wildman–Crippen MR) is 149 cm³/mol. The van der Waals surface area contributed by atoms with Crippen molar-refractivity contribution in [2.75, 3.05) is 32.8 Å². The van der Waals surface area contributed by atoms with Crippen LogP contribution in [0.1, 0.15) is 39.2 Å². The van der Waals surface area contributed by atoms with Gasteiger partial charge in [0.15, 0.2) is 5.72 Å². The van der Waals surface area contributed by atoms with Crippen LogP contribution < -0.4 is 15.0 Å². The maximum absolute atomic E-state index is 13.5. The summed E-state index contributed by atoms with van der Waals surface area (Å²) in [6, 6.07) is 3.68. The summed E-state index contributed by atoms with van der Waals surface area (Å²) in [5, 5.41) is 24.6. The maximum atomic E-state index is 13.5. The van der Waals surface area contributed by atoms with Crippen molar-refractivity contribution >= 4 is 29.3 Å². The first-order valence-electron chi connectivity index (χ1n) is 13.4. The van der Waals surface area contributed by atoms with E-state index in [1.54, 1.807) is 19.2 Å². The first-order chi connectivity index (χ1) is 18.9. The van der Waals surface area contributed by atoms with E-state index in [9.17, 15) is 19.8 Å². The van der Waals surface area contributed by atoms with Crippen molar-refractivity contribution in [3.8, 4) is 5.75 Å². The lowest BCUT2D eigenvalue weighted by atomic mass is 9.80. The molecule has 3 aliphatic heterocycles. The monoisotopic (exact) mass is 578 g/mol. The van der Waals surface area contributed by atoms with E-state index in [0.717, 1.165) is 11.1 Å². The Kier molecular flexibility index (Phi) is 8.87. The van der Waals surface area contributed by atoms with Gasteiger partial charge < -0.3 is 34.1 Å². The van der Waals surface area contributed by atoms with E-state index in [0.29, 0.717) is 22.9 Å². The van der Waals surface area contributed by atoms with E-state index in [4.69, 9.17) is 30.5 Å². The van der Waals surface area contributed by atoms with Crippen molar-refractivity contribution in [2.24, 2.45) is 11.8 Å². The molecule has 11 heteroatoms. The Labute approximate surface area is 239 Å². The number of rotatable bonds is 3. The van der Waals surface area contributed by atoms with Gasteiger partial charge in [0.25, 0.3) is 0 Å². The molecule has 220 valence electrons. The van der Waals surface area contributed by atoms with Crippen LogP contribution in [0.5, 0.6) is 5.75 Å². The zero-order valence-electron chi connectivity index (χ0n) is 23.8. The molecule has 10 nitrogen and oxygen atoms in total. The van der Waals surface area contributed by atoms with Crippen LogP contribution >= 0.6 is 11.6 Å². The van der Waals surface area contributed by atoms with Crippen LogP contribution in [0.4, 0.5) is 10.5 Å². The van der Waals surface area contributed by atoms with Gasteiger partial charge in [-0.1, -0.05) is 42.3 Å². The summed E-state index contributed by atoms with van der Waals surface area (Å²) in [5.74, 6) is -0.678. The van der Waals surface area contributed by atoms with Gasteiger partial charge in [-0.2, -0.15) is 0 Å². The van der Waals surface area contributed by atoms with E-state index in [2.05, 4.69) is 5.32 Å². The minimum Gasteiger partial charge on any atom is -0.495 e. The Bertz CT molecular complexity index is 1200. The molecule has 2 amide bonds. The third-order valence-electron chi connectivity index (χ3n) is 8.40. The quantitative estimate of drug-likeness (QED) is 0.466. The number of alkyl carbamates (subject to hydrolysis) is 1. The molecule has 0 aliphatic carbocycles. The number of hydrogen-bond donors (Lipinski definition) is 3. The van der Waals surface area contributed by atoms with E-state index in [1.165, 1.54) is 19.1 Å². The molecule has 2 fully saturated rings. The van der Waals surface area contributed by atoms with Gasteiger partial charge in [-0.15, -0.1) is 0 Å². The molecule has 0 aromatic heterocycles. The molecule has 40 heavy (non-hydrogen) atoms. The number of anilines is 1. The summed E-state index contributed by atoms with van der Waals surface area (Å²) in [5.41, 5.74) is -0.202. The molecule has 1 aromatic rings. The fourth-order valence-corrected chi connectivity index (χ4v) is 6.13. The summed E-state index contributed by atoms with van der Waals surface area (Å²) in [6.07, 6.45) is 3.20. The molecule has 3 aliphatic rings. The van der Waals surface area contributed by atoms with Gasteiger partial charge in [0.05, 0.1) is 24.5 Å². The van der Waals surface area contributed by atoms with Crippen molar-refractivity contribution in [1.29, 1.82) is 0 Å². The molecule has 7 atom stereocenters. The number of aliphatic hydroxyl groups excluding tert-OH is 1. The van der Waals surface area contributed by atoms with Crippen molar-refractivity contribution in [1.82, 2.24) is 5.32 Å². The number of carbonyl (C=O) groups excluding carboxylic acids is 2. The number of hydrogen-bond acceptors (Lipinski definition) is 8. The number of amides is 2. The third-order valence-corrected chi connectivity index (χ3v) is 8.78. The van der Waals surface area contributed by atoms with Crippen molar-refractivity contribution < 1.29 is 38.7 Å². The normalized spacial score (nSPS) is 37.0. The van der Waals surface area contributed by atoms with Gasteiger partial charge in [-0.3, -0.25) is 10.1 Å². The average Bonchev–Trinajstić information content (AvgIpc) is 3.60. The number of ether oxygens (including phenoxy) is 4. The molecule has 3 heterocycles. The first kappa shape index (κ1) is 30.3. The van der Waals surface area contributed by atoms with Crippen LogP contribution in [-0.2, 0) is 25.4 Å². The smallest absolute Gasteiger partial charge is 0.409 e. The van der Waals surface area contributed by atoms with E-state index >= 15 is 0 Å². The number of benzene rings is 1. The first-order valence-corrected chi connectivity index (χ1v) is 13.7. The Morgan fingerprint density at radius 3 is 2.65 bits per heavy atom. The van der Waals surface area contributed by atoms with Crippen molar-refractivity contribution in [3.05, 3.63) is 46.5 Å². The number of epoxide rings is 1. The number of methoxy groups -OCH3 is 2. The number of fused-ring (bicyclic) bond motifs is 5. The van der Waals surface area contributed by atoms with Crippen molar-refractivity contribution in [2.45, 2.75) is 69.7 Å². The minimum absolute atomic E-state index is 0.000138. The Morgan fingerprint density at radius 2 is 2.00 bits per heavy atom. The molecule has 4 bridgehead atoms. The average molecular weight is 579 g/mol. The number of nitrogens with one attached hydrogen (secondary N) is 1. The highest BCUT2D eigenvalue weighted by atomic mass is 35.5. The molecular weight excluding hydrogens is 540 g/mol. The molecular formula is C29H39ClN2O8. The minimum atomic E-state index is -1.72. The van der Waals surface area contributed by atoms with Crippen LogP contribution in [0.25, 0.3) is 0 Å². The lowest BCUT2D eigenvalue weighted by Crippen LogP contribution is -2.63. The predicted octanol–water partition coefficient (Wildman–Crippen LogP) is 3.36. The number of nitrogens with zero attached hydrogens (tertiary/aromatic N) is 1. The summed E-state index contributed by atoms with van der Waals surface area (Å²) < 4.78 is 22.7. The lowest BCUT2D eigenvalue weighted by Gasteiger charge is -2.42. The number of carbonyl (C=O) groups is 2. The zero-order chi connectivity index (χ0) is 29.4. The molecule has 3 N–H and O–H groups in total. The standard InChI is InChI=1S/C29H39ClN2O8/c1-16-8-7-9-23(38-6)29(36)14-22(39-27(35)31-29)17(2)26-28(3,40-26)19(15-33)13-24(34)32(4)20-11-18(10-16)12-21(37-5)25(20)30/h7-9,11-12,17,19,22-23,26,33,36H,10,13-15H2,1-6H3,(H,31,35)/b9-7+,16-8+/t17-,19?,22?,23-,26-,28-,29+/m0/s1. The van der Waals surface area contributed by atoms with E-state index in [-0.39, 0.29) is 31.3 Å². The second kappa shape index (κ2) is 11.7. The summed E-state index contributed by atoms with van der Waals surface area (Å²) >= 11 is 6.63.